The smallest absolute Gasteiger partial charge is 0.247 e. The van der Waals surface area contributed by atoms with Gasteiger partial charge in [-0.15, -0.1) is 0 Å². The molecule has 0 aromatic rings. The Hall–Kier alpha value is 0.390. The maximum absolute atomic E-state index is 11.1. The van der Waals surface area contributed by atoms with Crippen molar-refractivity contribution in [3.63, 3.8) is 0 Å². The third-order valence-corrected chi connectivity index (χ3v) is 6.62. The molecule has 0 saturated heterocycles. The van der Waals surface area contributed by atoms with Crippen LogP contribution in [0.3, 0.4) is 0 Å². The Morgan fingerprint density at radius 2 is 2.33 bits per heavy atom. The number of amides is 1. The van der Waals surface area contributed by atoms with Crippen LogP contribution >= 0.6 is 17.1 Å². The van der Waals surface area contributed by atoms with Crippen LogP contribution in [0.25, 0.3) is 0 Å². The van der Waals surface area contributed by atoms with Gasteiger partial charge in [-0.2, -0.15) is 0 Å². The van der Waals surface area contributed by atoms with E-state index in [0.29, 0.717) is 0 Å². The van der Waals surface area contributed by atoms with E-state index >= 15 is 0 Å². The normalized spacial score (nSPS) is 16.0. The van der Waals surface area contributed by atoms with Gasteiger partial charge in [0.05, 0.1) is 5.75 Å². The fraction of sp³-hybridized carbons (Fsp3) is 0.800. The summed E-state index contributed by atoms with van der Waals surface area (Å²) < 4.78 is 30.2. The molecule has 0 heterocycles. The quantitative estimate of drug-likeness (QED) is 0.566. The largest absolute Gasteiger partial charge is 0.358 e. The van der Waals surface area contributed by atoms with Gasteiger partial charge in [0, 0.05) is 25.3 Å². The molecule has 0 rings (SSSR count). The van der Waals surface area contributed by atoms with Crippen LogP contribution in [0.1, 0.15) is 4.11 Å². The van der Waals surface area contributed by atoms with Crippen molar-refractivity contribution in [1.82, 2.24) is 5.32 Å². The Morgan fingerprint density at radius 3 is 2.75 bits per heavy atom. The standard InChI is InChI=1S/C5H12NO3PS2/c1-6-5(7)4-12-10(11,8-2)9-3/h4H2,1-3H3,(H,6,7)/i1+1D3. The molecule has 72 valence electrons. The zero-order chi connectivity index (χ0) is 12.1. The van der Waals surface area contributed by atoms with Crippen LogP contribution in [0, 0.1) is 0 Å². The van der Waals surface area contributed by atoms with Gasteiger partial charge >= 0.3 is 0 Å². The minimum Gasteiger partial charge on any atom is -0.358 e. The fourth-order valence-electron chi connectivity index (χ4n) is 0.354. The van der Waals surface area contributed by atoms with Gasteiger partial charge in [-0.1, -0.05) is 11.4 Å². The van der Waals surface area contributed by atoms with E-state index in [1.807, 2.05) is 5.32 Å². The summed E-state index contributed by atoms with van der Waals surface area (Å²) >= 11 is 5.97. The average Bonchev–Trinajstić information content (AvgIpc) is 2.12. The molecule has 0 atom stereocenters. The summed E-state index contributed by atoms with van der Waals surface area (Å²) in [6.07, 6.45) is 0. The molecule has 4 nitrogen and oxygen atoms in total. The first kappa shape index (κ1) is 7.76. The first-order chi connectivity index (χ1) is 6.72. The lowest BCUT2D eigenvalue weighted by Crippen LogP contribution is -2.19. The summed E-state index contributed by atoms with van der Waals surface area (Å²) in [5.41, 5.74) is -2.50. The summed E-state index contributed by atoms with van der Waals surface area (Å²) in [6.45, 7) is -2.47. The molecule has 0 spiro atoms. The number of carbonyl (C=O) groups is 1. The van der Waals surface area contributed by atoms with Crippen molar-refractivity contribution in [3.8, 4) is 0 Å². The highest BCUT2D eigenvalue weighted by Gasteiger charge is 2.17. The average molecular weight is 233 g/mol. The van der Waals surface area contributed by atoms with Crippen LogP contribution in [-0.4, -0.2) is 32.9 Å². The lowest BCUT2D eigenvalue weighted by atomic mass is 10.7. The lowest BCUT2D eigenvalue weighted by Gasteiger charge is -2.15. The second-order valence-electron chi connectivity index (χ2n) is 1.63. The van der Waals surface area contributed by atoms with E-state index in [-0.39, 0.29) is 5.75 Å². The van der Waals surface area contributed by atoms with Gasteiger partial charge in [-0.25, -0.2) is 0 Å². The van der Waals surface area contributed by atoms with E-state index in [2.05, 4.69) is 0 Å². The van der Waals surface area contributed by atoms with E-state index in [1.54, 1.807) is 0 Å². The first-order valence-electron chi connectivity index (χ1n) is 4.39. The molecule has 0 bridgehead atoms. The van der Waals surface area contributed by atoms with Crippen LogP contribution in [0.15, 0.2) is 0 Å². The van der Waals surface area contributed by atoms with Gasteiger partial charge in [0.2, 0.25) is 11.6 Å². The van der Waals surface area contributed by atoms with Crippen molar-refractivity contribution in [3.05, 3.63) is 0 Å². The Balaban J connectivity index is 4.06. The number of rotatable bonds is 5. The van der Waals surface area contributed by atoms with Gasteiger partial charge in [-0.05, 0) is 11.8 Å². The van der Waals surface area contributed by atoms with Crippen molar-refractivity contribution >= 4 is 34.8 Å². The van der Waals surface area contributed by atoms with E-state index in [1.165, 1.54) is 14.2 Å². The molecule has 0 saturated carbocycles. The lowest BCUT2D eigenvalue weighted by molar-refractivity contribution is -0.118. The molecule has 0 fully saturated rings. The molecule has 0 aliphatic rings. The topological polar surface area (TPSA) is 47.6 Å². The second kappa shape index (κ2) is 5.94. The molecule has 1 amide bonds. The predicted octanol–water partition coefficient (Wildman–Crippen LogP) is 0.983. The predicted molar refractivity (Wildman–Crippen MR) is 54.8 cm³/mol. The van der Waals surface area contributed by atoms with Crippen LogP contribution < -0.4 is 5.32 Å². The number of nitrogens with one attached hydrogen (secondary N) is 1. The van der Waals surface area contributed by atoms with Gasteiger partial charge in [0.15, 0.2) is 0 Å². The Morgan fingerprint density at radius 1 is 1.75 bits per heavy atom. The maximum Gasteiger partial charge on any atom is 0.247 e. The third kappa shape index (κ3) is 4.42. The van der Waals surface area contributed by atoms with Crippen molar-refractivity contribution in [2.45, 2.75) is 0 Å². The molecule has 0 unspecified atom stereocenters. The van der Waals surface area contributed by atoms with Crippen molar-refractivity contribution in [1.29, 1.82) is 0 Å². The minimum absolute atomic E-state index is 0.0999. The zero-order valence-electron chi connectivity index (χ0n) is 9.70. The molecule has 0 aliphatic carbocycles. The van der Waals surface area contributed by atoms with E-state index < -0.39 is 18.6 Å². The summed E-state index contributed by atoms with van der Waals surface area (Å²) in [7, 11) is 2.78. The fourth-order valence-corrected chi connectivity index (χ4v) is 2.99. The molecule has 0 aliphatic heterocycles. The van der Waals surface area contributed by atoms with Gasteiger partial charge < -0.3 is 14.4 Å². The SMILES string of the molecule is [2H][13C]([2H])([2H])NC(=O)CSP(=S)(OC)OC. The van der Waals surface area contributed by atoms with Gasteiger partial charge in [0.1, 0.15) is 0 Å². The summed E-state index contributed by atoms with van der Waals surface area (Å²) in [4.78, 5) is 11.1. The van der Waals surface area contributed by atoms with E-state index in [9.17, 15) is 4.79 Å². The molecular weight excluding hydrogens is 218 g/mol. The maximum atomic E-state index is 11.1. The Bertz CT molecular complexity index is 265. The number of carbonyl (C=O) groups excluding carboxylic acids is 1. The molecule has 0 radical (unpaired) electrons. The van der Waals surface area contributed by atoms with Crippen molar-refractivity contribution in [2.24, 2.45) is 0 Å². The molecule has 12 heavy (non-hydrogen) atoms. The Kier molecular flexibility index (Phi) is 3.84. The highest BCUT2D eigenvalue weighted by molar-refractivity contribution is 8.68. The first-order valence-corrected chi connectivity index (χ1v) is 7.12. The summed E-state index contributed by atoms with van der Waals surface area (Å²) in [6, 6.07) is 0. The Labute approximate surface area is 85.5 Å². The highest BCUT2D eigenvalue weighted by atomic mass is 32.9. The highest BCUT2D eigenvalue weighted by Crippen LogP contribution is 2.59. The minimum atomic E-state index is -2.50. The summed E-state index contributed by atoms with van der Waals surface area (Å²) in [5, 5.41) is 1.84. The van der Waals surface area contributed by atoms with E-state index in [4.69, 9.17) is 25.0 Å². The third-order valence-electron chi connectivity index (χ3n) is 0.940. The van der Waals surface area contributed by atoms with Gasteiger partial charge in [-0.3, -0.25) is 4.79 Å². The van der Waals surface area contributed by atoms with Crippen LogP contribution in [0.5, 0.6) is 0 Å². The molecular formula is C5H12NO3PS2. The second-order valence-corrected chi connectivity index (χ2v) is 8.16. The number of hydrogen-bond donors (Lipinski definition) is 1. The number of hydrogen-bond acceptors (Lipinski definition) is 5. The molecule has 1 N–H and O–H groups in total. The van der Waals surface area contributed by atoms with Crippen molar-refractivity contribution < 1.29 is 18.0 Å². The van der Waals surface area contributed by atoms with Crippen LogP contribution in [-0.2, 0) is 25.6 Å². The van der Waals surface area contributed by atoms with E-state index in [0.717, 1.165) is 11.4 Å². The van der Waals surface area contributed by atoms with Crippen molar-refractivity contribution in [2.75, 3.05) is 26.9 Å². The van der Waals surface area contributed by atoms with Crippen LogP contribution in [0.4, 0.5) is 0 Å². The molecule has 0 aromatic heterocycles. The summed E-state index contributed by atoms with van der Waals surface area (Å²) in [5.74, 6) is -0.722. The molecule has 7 heteroatoms. The van der Waals surface area contributed by atoms with Gasteiger partial charge in [0.25, 0.3) is 0 Å². The monoisotopic (exact) mass is 233 g/mol. The zero-order valence-corrected chi connectivity index (χ0v) is 9.22. The molecule has 0 aromatic carbocycles. The van der Waals surface area contributed by atoms with Crippen LogP contribution in [0.2, 0.25) is 0 Å².